The molecule has 0 radical (unpaired) electrons. The van der Waals surface area contributed by atoms with Gasteiger partial charge in [0.2, 0.25) is 0 Å². The minimum atomic E-state index is -4.24. The van der Waals surface area contributed by atoms with Crippen LogP contribution in [-0.4, -0.2) is 6.18 Å². The number of furan rings is 1. The second-order valence-corrected chi connectivity index (χ2v) is 2.44. The van der Waals surface area contributed by atoms with E-state index in [0.717, 1.165) is 0 Å². The van der Waals surface area contributed by atoms with E-state index in [1.807, 2.05) is 0 Å². The van der Waals surface area contributed by atoms with Gasteiger partial charge in [0.15, 0.2) is 0 Å². The van der Waals surface area contributed by atoms with Crippen molar-refractivity contribution in [3.05, 3.63) is 24.2 Å². The molecule has 1 heterocycles. The minimum absolute atomic E-state index is 0. The molecule has 1 aromatic rings. The fourth-order valence-corrected chi connectivity index (χ4v) is 0.852. The summed E-state index contributed by atoms with van der Waals surface area (Å²) in [6, 6.07) is 1.84. The van der Waals surface area contributed by atoms with Gasteiger partial charge in [0.25, 0.3) is 0 Å². The Morgan fingerprint density at radius 2 is 2.08 bits per heavy atom. The van der Waals surface area contributed by atoms with E-state index in [9.17, 15) is 13.2 Å². The van der Waals surface area contributed by atoms with Crippen LogP contribution in [0.3, 0.4) is 0 Å². The van der Waals surface area contributed by atoms with Crippen LogP contribution in [0.25, 0.3) is 0 Å². The van der Waals surface area contributed by atoms with Gasteiger partial charge in [-0.05, 0) is 12.1 Å². The Morgan fingerprint density at radius 3 is 2.46 bits per heavy atom. The molecule has 1 atom stereocenters. The molecule has 0 aliphatic rings. The van der Waals surface area contributed by atoms with Crippen molar-refractivity contribution in [1.82, 2.24) is 0 Å². The van der Waals surface area contributed by atoms with E-state index >= 15 is 0 Å². The molecular weight excluding hydrogens is 207 g/mol. The summed E-state index contributed by atoms with van der Waals surface area (Å²) < 4.78 is 40.0. The standard InChI is InChI=1S/C7H8F3NO.ClH/c8-7(9,10)4-5(11)6-2-1-3-12-6;/h1-3,5H,4,11H2;1H/t5-;/m1./s1. The number of halogens is 4. The van der Waals surface area contributed by atoms with Crippen LogP contribution in [0.15, 0.2) is 22.8 Å². The molecule has 0 aromatic carbocycles. The maximum Gasteiger partial charge on any atom is 0.391 e. The molecular formula is C7H9ClF3NO. The molecule has 0 saturated heterocycles. The molecule has 76 valence electrons. The Morgan fingerprint density at radius 1 is 1.46 bits per heavy atom. The van der Waals surface area contributed by atoms with Crippen LogP contribution in [0.2, 0.25) is 0 Å². The van der Waals surface area contributed by atoms with Crippen molar-refractivity contribution in [1.29, 1.82) is 0 Å². The third-order valence-electron chi connectivity index (χ3n) is 1.36. The fourth-order valence-electron chi connectivity index (χ4n) is 0.852. The smallest absolute Gasteiger partial charge is 0.391 e. The number of rotatable bonds is 2. The average Bonchev–Trinajstić information content (AvgIpc) is 2.32. The molecule has 0 saturated carbocycles. The predicted octanol–water partition coefficient (Wildman–Crippen LogP) is 2.65. The van der Waals surface area contributed by atoms with Crippen molar-refractivity contribution in [3.63, 3.8) is 0 Å². The van der Waals surface area contributed by atoms with Crippen molar-refractivity contribution >= 4 is 12.4 Å². The first kappa shape index (κ1) is 12.3. The van der Waals surface area contributed by atoms with Gasteiger partial charge in [-0.1, -0.05) is 0 Å². The van der Waals surface area contributed by atoms with Gasteiger partial charge >= 0.3 is 6.18 Å². The van der Waals surface area contributed by atoms with Crippen LogP contribution < -0.4 is 5.73 Å². The molecule has 1 rings (SSSR count). The lowest BCUT2D eigenvalue weighted by molar-refractivity contribution is -0.139. The molecule has 13 heavy (non-hydrogen) atoms. The molecule has 0 spiro atoms. The molecule has 0 aliphatic heterocycles. The molecule has 0 amide bonds. The molecule has 0 bridgehead atoms. The molecule has 2 nitrogen and oxygen atoms in total. The predicted molar refractivity (Wildman–Crippen MR) is 43.6 cm³/mol. The highest BCUT2D eigenvalue weighted by atomic mass is 35.5. The largest absolute Gasteiger partial charge is 0.468 e. The Labute approximate surface area is 79.3 Å². The van der Waals surface area contributed by atoms with E-state index < -0.39 is 18.6 Å². The normalized spacial score (nSPS) is 13.5. The highest BCUT2D eigenvalue weighted by Gasteiger charge is 2.31. The first-order chi connectivity index (χ1) is 5.49. The van der Waals surface area contributed by atoms with Crippen LogP contribution in [-0.2, 0) is 0 Å². The number of alkyl halides is 3. The van der Waals surface area contributed by atoms with Crippen LogP contribution in [0, 0.1) is 0 Å². The van der Waals surface area contributed by atoms with Crippen LogP contribution >= 0.6 is 12.4 Å². The Bertz CT molecular complexity index is 234. The highest BCUT2D eigenvalue weighted by Crippen LogP contribution is 2.27. The van der Waals surface area contributed by atoms with Gasteiger partial charge in [-0.2, -0.15) is 13.2 Å². The quantitative estimate of drug-likeness (QED) is 0.824. The third-order valence-corrected chi connectivity index (χ3v) is 1.36. The van der Waals surface area contributed by atoms with Gasteiger partial charge in [0.1, 0.15) is 5.76 Å². The van der Waals surface area contributed by atoms with Crippen molar-refractivity contribution in [2.45, 2.75) is 18.6 Å². The van der Waals surface area contributed by atoms with Crippen molar-refractivity contribution in [2.24, 2.45) is 5.73 Å². The van der Waals surface area contributed by atoms with Gasteiger partial charge in [0.05, 0.1) is 18.7 Å². The lowest BCUT2D eigenvalue weighted by Gasteiger charge is -2.10. The summed E-state index contributed by atoms with van der Waals surface area (Å²) >= 11 is 0. The summed E-state index contributed by atoms with van der Waals surface area (Å²) in [6.07, 6.45) is -4.00. The second kappa shape index (κ2) is 4.53. The van der Waals surface area contributed by atoms with Crippen LogP contribution in [0.4, 0.5) is 13.2 Å². The Hall–Kier alpha value is -0.680. The zero-order valence-electron chi connectivity index (χ0n) is 6.54. The zero-order chi connectivity index (χ0) is 9.19. The summed E-state index contributed by atoms with van der Waals surface area (Å²) in [5, 5.41) is 0. The van der Waals surface area contributed by atoms with Crippen molar-refractivity contribution < 1.29 is 17.6 Å². The lowest BCUT2D eigenvalue weighted by Crippen LogP contribution is -2.19. The fraction of sp³-hybridized carbons (Fsp3) is 0.429. The SMILES string of the molecule is Cl.N[C@H](CC(F)(F)F)c1ccco1. The first-order valence-electron chi connectivity index (χ1n) is 3.35. The van der Waals surface area contributed by atoms with E-state index in [1.165, 1.54) is 18.4 Å². The third kappa shape index (κ3) is 4.19. The molecule has 0 unspecified atom stereocenters. The Balaban J connectivity index is 0.00000144. The lowest BCUT2D eigenvalue weighted by atomic mass is 10.2. The topological polar surface area (TPSA) is 39.2 Å². The summed E-state index contributed by atoms with van der Waals surface area (Å²) in [4.78, 5) is 0. The van der Waals surface area contributed by atoms with Gasteiger partial charge in [-0.3, -0.25) is 0 Å². The van der Waals surface area contributed by atoms with Gasteiger partial charge in [-0.15, -0.1) is 12.4 Å². The van der Waals surface area contributed by atoms with E-state index in [2.05, 4.69) is 0 Å². The molecule has 0 fully saturated rings. The highest BCUT2D eigenvalue weighted by molar-refractivity contribution is 5.85. The van der Waals surface area contributed by atoms with E-state index in [4.69, 9.17) is 10.2 Å². The van der Waals surface area contributed by atoms with Gasteiger partial charge < -0.3 is 10.2 Å². The molecule has 1 aromatic heterocycles. The summed E-state index contributed by atoms with van der Waals surface area (Å²) in [5.41, 5.74) is 5.21. The summed E-state index contributed by atoms with van der Waals surface area (Å²) in [5.74, 6) is 0.160. The summed E-state index contributed by atoms with van der Waals surface area (Å²) in [6.45, 7) is 0. The molecule has 6 heteroatoms. The monoisotopic (exact) mass is 215 g/mol. The number of hydrogen-bond acceptors (Lipinski definition) is 2. The van der Waals surface area contributed by atoms with Crippen LogP contribution in [0.1, 0.15) is 18.2 Å². The van der Waals surface area contributed by atoms with E-state index in [0.29, 0.717) is 0 Å². The Kier molecular flexibility index (Phi) is 4.29. The zero-order valence-corrected chi connectivity index (χ0v) is 7.36. The molecule has 2 N–H and O–H groups in total. The minimum Gasteiger partial charge on any atom is -0.468 e. The maximum absolute atomic E-state index is 11.8. The van der Waals surface area contributed by atoms with E-state index in [1.54, 1.807) is 0 Å². The maximum atomic E-state index is 11.8. The summed E-state index contributed by atoms with van der Waals surface area (Å²) in [7, 11) is 0. The van der Waals surface area contributed by atoms with Gasteiger partial charge in [0, 0.05) is 0 Å². The van der Waals surface area contributed by atoms with Gasteiger partial charge in [-0.25, -0.2) is 0 Å². The van der Waals surface area contributed by atoms with Crippen molar-refractivity contribution in [3.8, 4) is 0 Å². The number of nitrogens with two attached hydrogens (primary N) is 1. The van der Waals surface area contributed by atoms with Crippen LogP contribution in [0.5, 0.6) is 0 Å². The van der Waals surface area contributed by atoms with E-state index in [-0.39, 0.29) is 18.2 Å². The number of hydrogen-bond donors (Lipinski definition) is 1. The first-order valence-corrected chi connectivity index (χ1v) is 3.35. The second-order valence-electron chi connectivity index (χ2n) is 2.44. The molecule has 0 aliphatic carbocycles. The van der Waals surface area contributed by atoms with Crippen molar-refractivity contribution in [2.75, 3.05) is 0 Å². The average molecular weight is 216 g/mol.